The molecular formula is C12H17NO3S. The number of benzene rings is 1. The third-order valence-electron chi connectivity index (χ3n) is 2.27. The summed E-state index contributed by atoms with van der Waals surface area (Å²) in [6, 6.07) is 5.51. The van der Waals surface area contributed by atoms with Crippen LogP contribution in [0.25, 0.3) is 0 Å². The lowest BCUT2D eigenvalue weighted by Gasteiger charge is -2.20. The topological polar surface area (TPSA) is 57.6 Å². The summed E-state index contributed by atoms with van der Waals surface area (Å²) in [6.07, 6.45) is 0. The van der Waals surface area contributed by atoms with Gasteiger partial charge in [-0.2, -0.15) is 4.31 Å². The molecule has 0 atom stereocenters. The molecule has 0 aliphatic heterocycles. The largest absolute Gasteiger partial charge is 0.508 e. The number of nitrogens with zero attached hydrogens (tertiary/aromatic N) is 1. The predicted molar refractivity (Wildman–Crippen MR) is 67.4 cm³/mol. The highest BCUT2D eigenvalue weighted by molar-refractivity contribution is 7.89. The van der Waals surface area contributed by atoms with Crippen molar-refractivity contribution in [3.63, 3.8) is 0 Å². The van der Waals surface area contributed by atoms with Crippen LogP contribution in [0, 0.1) is 0 Å². The summed E-state index contributed by atoms with van der Waals surface area (Å²) in [5.74, 6) is 0.0481. The zero-order valence-electron chi connectivity index (χ0n) is 10.0. The molecule has 0 saturated carbocycles. The Balaban J connectivity index is 3.08. The van der Waals surface area contributed by atoms with E-state index in [4.69, 9.17) is 5.11 Å². The Morgan fingerprint density at radius 3 is 2.29 bits per heavy atom. The highest BCUT2D eigenvalue weighted by Gasteiger charge is 2.22. The van der Waals surface area contributed by atoms with Crippen molar-refractivity contribution in [3.8, 4) is 5.75 Å². The molecule has 1 aromatic rings. The van der Waals surface area contributed by atoms with E-state index in [1.807, 2.05) is 0 Å². The second-order valence-corrected chi connectivity index (χ2v) is 5.82. The molecule has 0 unspecified atom stereocenters. The quantitative estimate of drug-likeness (QED) is 0.818. The highest BCUT2D eigenvalue weighted by Crippen LogP contribution is 2.19. The van der Waals surface area contributed by atoms with E-state index in [0.717, 1.165) is 5.57 Å². The first-order valence-corrected chi connectivity index (χ1v) is 6.75. The maximum atomic E-state index is 12.2. The summed E-state index contributed by atoms with van der Waals surface area (Å²) in [7, 11) is -3.50. The third-order valence-corrected chi connectivity index (χ3v) is 4.21. The lowest BCUT2D eigenvalue weighted by molar-refractivity contribution is 0.452. The number of hydrogen-bond acceptors (Lipinski definition) is 3. The van der Waals surface area contributed by atoms with Gasteiger partial charge in [0.2, 0.25) is 10.0 Å². The smallest absolute Gasteiger partial charge is 0.243 e. The van der Waals surface area contributed by atoms with Gasteiger partial charge >= 0.3 is 0 Å². The van der Waals surface area contributed by atoms with Crippen LogP contribution >= 0.6 is 0 Å². The van der Waals surface area contributed by atoms with E-state index in [-0.39, 0.29) is 10.6 Å². The van der Waals surface area contributed by atoms with E-state index in [9.17, 15) is 8.42 Å². The molecule has 0 aromatic heterocycles. The predicted octanol–water partition coefficient (Wildman–Crippen LogP) is 1.98. The summed E-state index contributed by atoms with van der Waals surface area (Å²) >= 11 is 0. The Kier molecular flexibility index (Phi) is 4.31. The normalized spacial score (nSPS) is 11.7. The number of aromatic hydroxyl groups is 1. The average molecular weight is 255 g/mol. The molecule has 0 radical (unpaired) electrons. The van der Waals surface area contributed by atoms with Gasteiger partial charge < -0.3 is 5.11 Å². The van der Waals surface area contributed by atoms with Gasteiger partial charge in [0, 0.05) is 13.1 Å². The van der Waals surface area contributed by atoms with Crippen molar-refractivity contribution >= 4 is 10.0 Å². The van der Waals surface area contributed by atoms with E-state index in [0.29, 0.717) is 13.1 Å². The molecule has 4 nitrogen and oxygen atoms in total. The van der Waals surface area contributed by atoms with Gasteiger partial charge in [0.1, 0.15) is 5.75 Å². The summed E-state index contributed by atoms with van der Waals surface area (Å²) in [6.45, 7) is 7.97. The minimum absolute atomic E-state index is 0.0481. The fourth-order valence-electron chi connectivity index (χ4n) is 1.43. The molecule has 0 aliphatic rings. The first kappa shape index (κ1) is 13.7. The molecule has 0 bridgehead atoms. The van der Waals surface area contributed by atoms with Crippen molar-refractivity contribution < 1.29 is 13.5 Å². The number of likely N-dealkylation sites (N-methyl/N-ethyl adjacent to an activating group) is 1. The lowest BCUT2D eigenvalue weighted by atomic mass is 10.3. The number of rotatable bonds is 5. The van der Waals surface area contributed by atoms with E-state index in [2.05, 4.69) is 6.58 Å². The molecule has 1 N–H and O–H groups in total. The molecule has 0 aliphatic carbocycles. The van der Waals surface area contributed by atoms with Crippen molar-refractivity contribution in [2.24, 2.45) is 0 Å². The van der Waals surface area contributed by atoms with Gasteiger partial charge in [-0.25, -0.2) is 8.42 Å². The molecule has 5 heteroatoms. The van der Waals surface area contributed by atoms with Gasteiger partial charge in [0.05, 0.1) is 4.90 Å². The Morgan fingerprint density at radius 1 is 1.35 bits per heavy atom. The molecule has 1 aromatic carbocycles. The van der Waals surface area contributed by atoms with E-state index < -0.39 is 10.0 Å². The van der Waals surface area contributed by atoms with Crippen LogP contribution in [0.5, 0.6) is 5.75 Å². The van der Waals surface area contributed by atoms with Crippen LogP contribution in [0.1, 0.15) is 13.8 Å². The molecule has 0 spiro atoms. The third kappa shape index (κ3) is 3.31. The van der Waals surface area contributed by atoms with Crippen LogP contribution in [0.2, 0.25) is 0 Å². The standard InChI is InChI=1S/C12H17NO3S/c1-4-13(9-10(2)3)17(15,16)12-7-5-11(14)6-8-12/h5-8,14H,2,4,9H2,1,3H3. The second-order valence-electron chi connectivity index (χ2n) is 3.88. The molecule has 17 heavy (non-hydrogen) atoms. The Bertz CT molecular complexity index is 491. The first-order chi connectivity index (χ1) is 7.87. The van der Waals surface area contributed by atoms with Crippen molar-refractivity contribution in [1.82, 2.24) is 4.31 Å². The van der Waals surface area contributed by atoms with Gasteiger partial charge in [-0.05, 0) is 31.2 Å². The van der Waals surface area contributed by atoms with Crippen molar-refractivity contribution in [3.05, 3.63) is 36.4 Å². The monoisotopic (exact) mass is 255 g/mol. The molecule has 0 saturated heterocycles. The van der Waals surface area contributed by atoms with Crippen LogP contribution in [0.4, 0.5) is 0 Å². The number of sulfonamides is 1. The van der Waals surface area contributed by atoms with Crippen LogP contribution in [-0.2, 0) is 10.0 Å². The minimum atomic E-state index is -3.50. The fraction of sp³-hybridized carbons (Fsp3) is 0.333. The maximum absolute atomic E-state index is 12.2. The van der Waals surface area contributed by atoms with Crippen LogP contribution < -0.4 is 0 Å². The first-order valence-electron chi connectivity index (χ1n) is 5.31. The second kappa shape index (κ2) is 5.33. The van der Waals surface area contributed by atoms with Crippen LogP contribution in [-0.4, -0.2) is 30.9 Å². The fourth-order valence-corrected chi connectivity index (χ4v) is 2.94. The molecular weight excluding hydrogens is 238 g/mol. The van der Waals surface area contributed by atoms with Gasteiger partial charge in [0.25, 0.3) is 0 Å². The molecule has 0 fully saturated rings. The van der Waals surface area contributed by atoms with E-state index in [1.54, 1.807) is 13.8 Å². The lowest BCUT2D eigenvalue weighted by Crippen LogP contribution is -2.32. The van der Waals surface area contributed by atoms with Crippen LogP contribution in [0.3, 0.4) is 0 Å². The molecule has 0 heterocycles. The Hall–Kier alpha value is -1.33. The SMILES string of the molecule is C=C(C)CN(CC)S(=O)(=O)c1ccc(O)cc1. The van der Waals surface area contributed by atoms with Crippen molar-refractivity contribution in [2.45, 2.75) is 18.7 Å². The minimum Gasteiger partial charge on any atom is -0.508 e. The van der Waals surface area contributed by atoms with Gasteiger partial charge in [-0.3, -0.25) is 0 Å². The summed E-state index contributed by atoms with van der Waals surface area (Å²) in [4.78, 5) is 0.179. The molecule has 94 valence electrons. The zero-order chi connectivity index (χ0) is 13.1. The maximum Gasteiger partial charge on any atom is 0.243 e. The van der Waals surface area contributed by atoms with Gasteiger partial charge in [0.15, 0.2) is 0 Å². The summed E-state index contributed by atoms with van der Waals surface area (Å²) < 4.78 is 25.8. The van der Waals surface area contributed by atoms with Gasteiger partial charge in [-0.15, -0.1) is 0 Å². The van der Waals surface area contributed by atoms with Gasteiger partial charge in [-0.1, -0.05) is 19.1 Å². The Labute approximate surface area is 102 Å². The van der Waals surface area contributed by atoms with Crippen LogP contribution in [0.15, 0.2) is 41.3 Å². The molecule has 0 amide bonds. The number of hydrogen-bond donors (Lipinski definition) is 1. The molecule has 1 rings (SSSR count). The number of phenolic OH excluding ortho intramolecular Hbond substituents is 1. The van der Waals surface area contributed by atoms with E-state index >= 15 is 0 Å². The summed E-state index contributed by atoms with van der Waals surface area (Å²) in [5.41, 5.74) is 0.786. The zero-order valence-corrected chi connectivity index (χ0v) is 10.9. The highest BCUT2D eigenvalue weighted by atomic mass is 32.2. The van der Waals surface area contributed by atoms with Crippen molar-refractivity contribution in [2.75, 3.05) is 13.1 Å². The average Bonchev–Trinajstić information content (AvgIpc) is 2.26. The van der Waals surface area contributed by atoms with Crippen molar-refractivity contribution in [1.29, 1.82) is 0 Å². The Morgan fingerprint density at radius 2 is 1.88 bits per heavy atom. The number of phenols is 1. The summed E-state index contributed by atoms with van der Waals surface area (Å²) in [5, 5.41) is 9.14. The van der Waals surface area contributed by atoms with E-state index in [1.165, 1.54) is 28.6 Å².